The highest BCUT2D eigenvalue weighted by molar-refractivity contribution is 5.87. The van der Waals surface area contributed by atoms with Gasteiger partial charge in [-0.3, -0.25) is 4.79 Å². The Morgan fingerprint density at radius 3 is 2.09 bits per heavy atom. The topological polar surface area (TPSA) is 95.9 Å². The molecule has 0 saturated heterocycles. The zero-order valence-electron chi connectivity index (χ0n) is 19.7. The van der Waals surface area contributed by atoms with Gasteiger partial charge in [-0.1, -0.05) is 60.7 Å². The summed E-state index contributed by atoms with van der Waals surface area (Å²) in [5.41, 5.74) is 5.63. The van der Waals surface area contributed by atoms with Gasteiger partial charge >= 0.3 is 12.1 Å². The van der Waals surface area contributed by atoms with Crippen molar-refractivity contribution in [2.45, 2.75) is 31.8 Å². The minimum Gasteiger partial charge on any atom is -0.478 e. The molecule has 1 aliphatic rings. The summed E-state index contributed by atoms with van der Waals surface area (Å²) in [7, 11) is 1.67. The molecular weight excluding hydrogens is 444 g/mol. The van der Waals surface area contributed by atoms with E-state index in [2.05, 4.69) is 29.6 Å². The summed E-state index contributed by atoms with van der Waals surface area (Å²) < 4.78 is 5.56. The van der Waals surface area contributed by atoms with Gasteiger partial charge in [0, 0.05) is 32.0 Å². The first-order valence-corrected chi connectivity index (χ1v) is 11.5. The Morgan fingerprint density at radius 1 is 0.943 bits per heavy atom. The average molecular weight is 473 g/mol. The third kappa shape index (κ3) is 5.51. The molecule has 1 aliphatic carbocycles. The van der Waals surface area contributed by atoms with Gasteiger partial charge in [-0.05, 0) is 46.9 Å². The Kier molecular flexibility index (Phi) is 7.15. The van der Waals surface area contributed by atoms with Gasteiger partial charge in [0.15, 0.2) is 0 Å². The molecule has 3 aromatic carbocycles. The number of hydrogen-bond acceptors (Lipinski definition) is 4. The monoisotopic (exact) mass is 472 g/mol. The van der Waals surface area contributed by atoms with E-state index in [9.17, 15) is 14.4 Å². The molecule has 0 aliphatic heterocycles. The minimum atomic E-state index is -0.992. The highest BCUT2D eigenvalue weighted by Crippen LogP contribution is 2.44. The number of amides is 2. The molecule has 35 heavy (non-hydrogen) atoms. The van der Waals surface area contributed by atoms with Crippen molar-refractivity contribution in [2.75, 3.05) is 13.7 Å². The lowest BCUT2D eigenvalue weighted by atomic mass is 9.98. The van der Waals surface area contributed by atoms with Crippen LogP contribution in [0.4, 0.5) is 4.79 Å². The molecule has 1 atom stereocenters. The molecule has 0 spiro atoms. The molecule has 1 unspecified atom stereocenters. The van der Waals surface area contributed by atoms with Crippen molar-refractivity contribution >= 4 is 18.0 Å². The summed E-state index contributed by atoms with van der Waals surface area (Å²) in [5.74, 6) is -1.16. The van der Waals surface area contributed by atoms with Crippen molar-refractivity contribution in [1.29, 1.82) is 0 Å². The first-order valence-electron chi connectivity index (χ1n) is 11.5. The Bertz CT molecular complexity index is 1190. The molecule has 3 aromatic rings. The molecule has 7 heteroatoms. The smallest absolute Gasteiger partial charge is 0.407 e. The van der Waals surface area contributed by atoms with E-state index in [0.717, 1.165) is 27.8 Å². The van der Waals surface area contributed by atoms with Crippen molar-refractivity contribution in [1.82, 2.24) is 10.2 Å². The first-order chi connectivity index (χ1) is 16.8. The summed E-state index contributed by atoms with van der Waals surface area (Å²) >= 11 is 0. The molecule has 0 saturated carbocycles. The van der Waals surface area contributed by atoms with E-state index in [0.29, 0.717) is 6.54 Å². The number of carboxylic acids is 1. The summed E-state index contributed by atoms with van der Waals surface area (Å²) in [4.78, 5) is 37.6. The lowest BCUT2D eigenvalue weighted by Crippen LogP contribution is -2.38. The van der Waals surface area contributed by atoms with E-state index in [-0.39, 0.29) is 30.4 Å². The molecule has 2 N–H and O–H groups in total. The number of ether oxygens (including phenoxy) is 1. The summed E-state index contributed by atoms with van der Waals surface area (Å²) in [6.07, 6.45) is -0.437. The first kappa shape index (κ1) is 24.0. The average Bonchev–Trinajstić information content (AvgIpc) is 3.16. The normalized spacial score (nSPS) is 12.9. The molecule has 4 rings (SSSR count). The quantitative estimate of drug-likeness (QED) is 0.497. The van der Waals surface area contributed by atoms with Gasteiger partial charge in [-0.2, -0.15) is 0 Å². The number of benzene rings is 3. The van der Waals surface area contributed by atoms with Crippen LogP contribution in [0.2, 0.25) is 0 Å². The van der Waals surface area contributed by atoms with Gasteiger partial charge < -0.3 is 20.1 Å². The van der Waals surface area contributed by atoms with Gasteiger partial charge in [-0.25, -0.2) is 9.59 Å². The molecule has 180 valence electrons. The number of nitrogens with one attached hydrogen (secondary N) is 1. The molecule has 0 aromatic heterocycles. The number of carbonyl (C=O) groups excluding carboxylic acids is 2. The summed E-state index contributed by atoms with van der Waals surface area (Å²) in [6.45, 7) is 2.32. The van der Waals surface area contributed by atoms with Crippen LogP contribution in [-0.2, 0) is 16.1 Å². The van der Waals surface area contributed by atoms with Crippen LogP contribution in [-0.4, -0.2) is 47.7 Å². The SMILES string of the molecule is CC(CC(=O)N(C)Cc1ccc(C(=O)O)cc1)NC(=O)OCC1c2ccccc2-c2ccccc21. The Hall–Kier alpha value is -4.13. The van der Waals surface area contributed by atoms with Gasteiger partial charge in [-0.15, -0.1) is 0 Å². The third-order valence-electron chi connectivity index (χ3n) is 6.24. The van der Waals surface area contributed by atoms with Gasteiger partial charge in [0.25, 0.3) is 0 Å². The number of hydrogen-bond donors (Lipinski definition) is 2. The molecule has 0 radical (unpaired) electrons. The van der Waals surface area contributed by atoms with Crippen LogP contribution in [0.25, 0.3) is 11.1 Å². The Morgan fingerprint density at radius 2 is 1.51 bits per heavy atom. The lowest BCUT2D eigenvalue weighted by Gasteiger charge is -2.21. The Labute approximate surface area is 204 Å². The number of alkyl carbamates (subject to hydrolysis) is 1. The second-order valence-electron chi connectivity index (χ2n) is 8.83. The molecule has 0 fully saturated rings. The predicted molar refractivity (Wildman–Crippen MR) is 132 cm³/mol. The lowest BCUT2D eigenvalue weighted by molar-refractivity contribution is -0.130. The second-order valence-corrected chi connectivity index (χ2v) is 8.83. The van der Waals surface area contributed by atoms with E-state index < -0.39 is 18.1 Å². The zero-order valence-corrected chi connectivity index (χ0v) is 19.7. The zero-order chi connectivity index (χ0) is 24.9. The van der Waals surface area contributed by atoms with Crippen LogP contribution < -0.4 is 5.32 Å². The fourth-order valence-corrected chi connectivity index (χ4v) is 4.42. The van der Waals surface area contributed by atoms with Crippen LogP contribution >= 0.6 is 0 Å². The number of nitrogens with zero attached hydrogens (tertiary/aromatic N) is 1. The summed E-state index contributed by atoms with van der Waals surface area (Å²) in [5, 5.41) is 11.7. The van der Waals surface area contributed by atoms with Crippen molar-refractivity contribution in [3.63, 3.8) is 0 Å². The predicted octanol–water partition coefficient (Wildman–Crippen LogP) is 4.66. The van der Waals surface area contributed by atoms with Gasteiger partial charge in [0.05, 0.1) is 5.56 Å². The molecular formula is C28H28N2O5. The number of fused-ring (bicyclic) bond motifs is 3. The van der Waals surface area contributed by atoms with Crippen LogP contribution in [0.15, 0.2) is 72.8 Å². The Balaban J connectivity index is 1.27. The van der Waals surface area contributed by atoms with Crippen molar-refractivity contribution in [3.05, 3.63) is 95.1 Å². The number of aromatic carboxylic acids is 1. The maximum atomic E-state index is 12.6. The largest absolute Gasteiger partial charge is 0.478 e. The van der Waals surface area contributed by atoms with Crippen molar-refractivity contribution in [2.24, 2.45) is 0 Å². The molecule has 0 bridgehead atoms. The van der Waals surface area contributed by atoms with E-state index in [1.54, 1.807) is 31.0 Å². The molecule has 2 amide bonds. The summed E-state index contributed by atoms with van der Waals surface area (Å²) in [6, 6.07) is 22.3. The standard InChI is InChI=1S/C28H28N2O5/c1-18(15-26(31)30(2)16-19-11-13-20(14-12-19)27(32)33)29-28(34)35-17-25-23-9-5-3-7-21(23)22-8-4-6-10-24(22)25/h3-14,18,25H,15-17H2,1-2H3,(H,29,34)(H,32,33). The van der Waals surface area contributed by atoms with Crippen LogP contribution in [0.5, 0.6) is 0 Å². The van der Waals surface area contributed by atoms with Crippen LogP contribution in [0, 0.1) is 0 Å². The fourth-order valence-electron chi connectivity index (χ4n) is 4.42. The van der Waals surface area contributed by atoms with E-state index in [4.69, 9.17) is 9.84 Å². The second kappa shape index (κ2) is 10.4. The number of rotatable bonds is 8. The highest BCUT2D eigenvalue weighted by Gasteiger charge is 2.29. The van der Waals surface area contributed by atoms with Crippen LogP contribution in [0.3, 0.4) is 0 Å². The van der Waals surface area contributed by atoms with E-state index in [1.807, 2.05) is 24.3 Å². The third-order valence-corrected chi connectivity index (χ3v) is 6.24. The fraction of sp³-hybridized carbons (Fsp3) is 0.250. The van der Waals surface area contributed by atoms with E-state index >= 15 is 0 Å². The van der Waals surface area contributed by atoms with Crippen molar-refractivity contribution < 1.29 is 24.2 Å². The van der Waals surface area contributed by atoms with Crippen molar-refractivity contribution in [3.8, 4) is 11.1 Å². The highest BCUT2D eigenvalue weighted by atomic mass is 16.5. The van der Waals surface area contributed by atoms with Gasteiger partial charge in [0.1, 0.15) is 6.61 Å². The number of carbonyl (C=O) groups is 3. The maximum Gasteiger partial charge on any atom is 0.407 e. The maximum absolute atomic E-state index is 12.6. The molecule has 7 nitrogen and oxygen atoms in total. The van der Waals surface area contributed by atoms with Gasteiger partial charge in [0.2, 0.25) is 5.91 Å². The number of carboxylic acid groups (broad SMARTS) is 1. The minimum absolute atomic E-state index is 0.0243. The van der Waals surface area contributed by atoms with E-state index in [1.165, 1.54) is 12.1 Å². The molecule has 0 heterocycles. The van der Waals surface area contributed by atoms with Crippen LogP contribution in [0.1, 0.15) is 46.3 Å².